The predicted molar refractivity (Wildman–Crippen MR) is 223 cm³/mol. The highest BCUT2D eigenvalue weighted by atomic mass is 35.5. The fourth-order valence-corrected chi connectivity index (χ4v) is 8.63. The number of phenolic OH excluding ortho intramolecular Hbond substituents is 2. The summed E-state index contributed by atoms with van der Waals surface area (Å²) >= 11 is 5.95. The molecule has 29 heteroatoms. The Bertz CT molecular complexity index is 3380. The molecule has 0 aliphatic carbocycles. The first-order valence-corrected chi connectivity index (χ1v) is 22.7. The fraction of sp³-hybridized carbons (Fsp3) is 0.0294. The molecule has 0 unspecified atom stereocenters. The number of carbonyl (C=O) groups is 1. The number of hydrogen-bond acceptors (Lipinski definition) is 20. The van der Waals surface area contributed by atoms with E-state index in [0.29, 0.717) is 12.1 Å². The fourth-order valence-electron chi connectivity index (χ4n) is 5.79. The molecule has 24 nitrogen and oxygen atoms in total. The largest absolute Gasteiger partial charge is 0.505 e. The van der Waals surface area contributed by atoms with E-state index in [-0.39, 0.29) is 32.9 Å². The number of carboxylic acids is 1. The van der Waals surface area contributed by atoms with Gasteiger partial charge < -0.3 is 39.4 Å². The van der Waals surface area contributed by atoms with E-state index in [1.165, 1.54) is 31.4 Å². The van der Waals surface area contributed by atoms with Crippen LogP contribution in [0.4, 0.5) is 39.8 Å². The number of benzene rings is 6. The number of fused-ring (bicyclic) bond motifs is 2. The smallest absolute Gasteiger partial charge is 0.337 e. The third-order valence-corrected chi connectivity index (χ3v) is 12.4. The van der Waals surface area contributed by atoms with Gasteiger partial charge in [0.1, 0.15) is 59.7 Å². The van der Waals surface area contributed by atoms with E-state index in [1.807, 2.05) is 0 Å². The molecule has 6 rings (SSSR count). The van der Waals surface area contributed by atoms with Crippen LogP contribution in [0.1, 0.15) is 10.4 Å². The first-order valence-electron chi connectivity index (χ1n) is 16.5. The first kappa shape index (κ1) is 46.1. The van der Waals surface area contributed by atoms with Crippen LogP contribution in [0.5, 0.6) is 17.2 Å². The van der Waals surface area contributed by atoms with Gasteiger partial charge >= 0.3 is 5.97 Å². The molecule has 6 aromatic rings. The van der Waals surface area contributed by atoms with Crippen LogP contribution in [-0.4, -0.2) is 81.0 Å². The zero-order valence-electron chi connectivity index (χ0n) is 31.0. The van der Waals surface area contributed by atoms with Crippen molar-refractivity contribution in [3.63, 3.8) is 0 Å². The number of aromatic carboxylic acids is 1. The molecule has 0 amide bonds. The average molecular weight is 968 g/mol. The van der Waals surface area contributed by atoms with Crippen molar-refractivity contribution in [2.24, 2.45) is 30.7 Å². The number of ether oxygens (including phenoxy) is 1. The normalized spacial score (nSPS) is 13.2. The van der Waals surface area contributed by atoms with Gasteiger partial charge in [-0.3, -0.25) is 13.7 Å². The Hall–Kier alpha value is -6.44. The highest BCUT2D eigenvalue weighted by molar-refractivity contribution is 8.19. The second-order valence-corrected chi connectivity index (χ2v) is 18.7. The maximum absolute atomic E-state index is 12.7. The maximum Gasteiger partial charge on any atom is 0.337 e. The number of carboxylic acid groups (broad SMARTS) is 1. The van der Waals surface area contributed by atoms with Crippen LogP contribution in [0.3, 0.4) is 0 Å². The van der Waals surface area contributed by atoms with Gasteiger partial charge in [-0.2, -0.15) is 30.4 Å². The van der Waals surface area contributed by atoms with Gasteiger partial charge in [0.05, 0.1) is 34.3 Å². The summed E-state index contributed by atoms with van der Waals surface area (Å²) in [6, 6.07) is 12.0. The minimum absolute atomic E-state index is 0.0217. The van der Waals surface area contributed by atoms with Crippen LogP contribution in [0.15, 0.2) is 123 Å². The number of nitrogens with zero attached hydrogens (tertiary/aromatic N) is 6. The Kier molecular flexibility index (Phi) is 12.2. The van der Waals surface area contributed by atoms with Crippen LogP contribution in [0.2, 0.25) is 5.02 Å². The van der Waals surface area contributed by atoms with Gasteiger partial charge in [0, 0.05) is 21.9 Å². The van der Waals surface area contributed by atoms with Crippen LogP contribution in [0, 0.1) is 0 Å². The monoisotopic (exact) mass is 967 g/mol. The van der Waals surface area contributed by atoms with Crippen molar-refractivity contribution in [3.8, 4) is 17.2 Å². The van der Waals surface area contributed by atoms with Crippen molar-refractivity contribution >= 4 is 120 Å². The van der Waals surface area contributed by atoms with E-state index >= 15 is 0 Å². The summed E-state index contributed by atoms with van der Waals surface area (Å²) in [5, 5.41) is 53.1. The summed E-state index contributed by atoms with van der Waals surface area (Å²) < 4.78 is 140. The van der Waals surface area contributed by atoms with Crippen LogP contribution in [-0.2, 0) is 30.4 Å². The lowest BCUT2D eigenvalue weighted by Gasteiger charge is -2.23. The van der Waals surface area contributed by atoms with Crippen molar-refractivity contribution < 1.29 is 77.4 Å². The van der Waals surface area contributed by atoms with Crippen LogP contribution in [0.25, 0.3) is 21.5 Å². The standard InChI is InChI=1S/C34H26ClN7O17S4/c1-59-17-5-7-21(25(11-17)61(50,51)52)38-42-31-27(63(56,57)58)12-20-24(60(47,48)49)13-23(29(36)28(20)33(31)44)40-37-16-4-2-14-8-26(62(53,54)55)30(32(43)19(14)10-16)41-39-22-9-15(35)3-6-18(22)34(45)46/h2-13,43-44,56-58H,36H2,1H3,(H,45,46)(H,47,48,49)(H,50,51,52)(H,53,54,55). The van der Waals surface area contributed by atoms with Gasteiger partial charge in [-0.25, -0.2) is 4.79 Å². The van der Waals surface area contributed by atoms with Gasteiger partial charge in [0.25, 0.3) is 30.4 Å². The molecule has 11 N–H and O–H groups in total. The maximum atomic E-state index is 12.7. The minimum atomic E-state index is -5.34. The summed E-state index contributed by atoms with van der Waals surface area (Å²) in [5.74, 6) is -3.67. The molecule has 0 spiro atoms. The van der Waals surface area contributed by atoms with Crippen molar-refractivity contribution in [2.45, 2.75) is 19.6 Å². The molecule has 0 aliphatic heterocycles. The second-order valence-electron chi connectivity index (χ2n) is 12.6. The first-order chi connectivity index (χ1) is 29.2. The van der Waals surface area contributed by atoms with Gasteiger partial charge in [0.15, 0.2) is 11.5 Å². The highest BCUT2D eigenvalue weighted by Crippen LogP contribution is 2.57. The molecule has 330 valence electrons. The quantitative estimate of drug-likeness (QED) is 0.0310. The number of rotatable bonds is 12. The van der Waals surface area contributed by atoms with Gasteiger partial charge in [-0.15, -0.1) is 25.6 Å². The number of aromatic hydroxyl groups is 2. The number of methoxy groups -OCH3 is 1. The molecule has 63 heavy (non-hydrogen) atoms. The lowest BCUT2D eigenvalue weighted by molar-refractivity contribution is 0.0697. The molecule has 0 atom stereocenters. The van der Waals surface area contributed by atoms with Crippen molar-refractivity contribution in [2.75, 3.05) is 12.8 Å². The SMILES string of the molecule is COc1ccc(N=Nc2c(S(O)(O)O)cc3c(S(=O)(=O)O)cc(N=Nc4ccc5cc(S(=O)(=O)O)c(N=Nc6cc(Cl)ccc6C(=O)O)c(O)c5c4)c(N)c3c2O)c(S(=O)(=O)O)c1. The number of nitrogens with two attached hydrogens (primary N) is 1. The molecule has 0 aromatic heterocycles. The summed E-state index contributed by atoms with van der Waals surface area (Å²) in [7, 11) is -19.3. The molecular formula is C34H26ClN7O17S4. The van der Waals surface area contributed by atoms with E-state index in [2.05, 4.69) is 30.7 Å². The lowest BCUT2D eigenvalue weighted by atomic mass is 10.0. The van der Waals surface area contributed by atoms with E-state index in [0.717, 1.165) is 36.4 Å². The number of phenols is 2. The van der Waals surface area contributed by atoms with E-state index in [1.54, 1.807) is 0 Å². The predicted octanol–water partition coefficient (Wildman–Crippen LogP) is 8.92. The molecule has 0 radical (unpaired) electrons. The Labute approximate surface area is 359 Å². The Morgan fingerprint density at radius 1 is 0.603 bits per heavy atom. The lowest BCUT2D eigenvalue weighted by Crippen LogP contribution is -2.03. The zero-order chi connectivity index (χ0) is 46.6. The van der Waals surface area contributed by atoms with E-state index in [9.17, 15) is 72.7 Å². The topological polar surface area (TPSA) is 411 Å². The molecule has 0 heterocycles. The zero-order valence-corrected chi connectivity index (χ0v) is 35.0. The molecule has 0 bridgehead atoms. The summed E-state index contributed by atoms with van der Waals surface area (Å²) in [5.41, 5.74) is 1.61. The van der Waals surface area contributed by atoms with Crippen molar-refractivity contribution in [3.05, 3.63) is 83.4 Å². The molecule has 6 aromatic carbocycles. The Morgan fingerprint density at radius 2 is 1.21 bits per heavy atom. The molecule has 0 saturated carbocycles. The molecule has 0 aliphatic rings. The summed E-state index contributed by atoms with van der Waals surface area (Å²) in [4.78, 5) is 7.70. The average Bonchev–Trinajstić information content (AvgIpc) is 3.17. The van der Waals surface area contributed by atoms with Crippen molar-refractivity contribution in [1.82, 2.24) is 0 Å². The number of azo groups is 3. The summed E-state index contributed by atoms with van der Waals surface area (Å²) in [6.45, 7) is 0. The third kappa shape index (κ3) is 9.50. The Morgan fingerprint density at radius 3 is 1.79 bits per heavy atom. The van der Waals surface area contributed by atoms with Crippen LogP contribution >= 0.6 is 22.5 Å². The number of anilines is 1. The minimum Gasteiger partial charge on any atom is -0.505 e. The molecular weight excluding hydrogens is 942 g/mol. The van der Waals surface area contributed by atoms with Crippen LogP contribution < -0.4 is 10.5 Å². The number of nitrogen functional groups attached to an aromatic ring is 1. The second kappa shape index (κ2) is 16.7. The van der Waals surface area contributed by atoms with Gasteiger partial charge in [-0.05, 0) is 66.0 Å². The van der Waals surface area contributed by atoms with Gasteiger partial charge in [0.2, 0.25) is 0 Å². The Balaban J connectivity index is 1.53. The number of halogens is 1. The van der Waals surface area contributed by atoms with Crippen molar-refractivity contribution in [1.29, 1.82) is 0 Å². The molecule has 0 saturated heterocycles. The molecule has 0 fully saturated rings. The highest BCUT2D eigenvalue weighted by Gasteiger charge is 2.31. The summed E-state index contributed by atoms with van der Waals surface area (Å²) in [6.07, 6.45) is 0. The van der Waals surface area contributed by atoms with Gasteiger partial charge in [-0.1, -0.05) is 17.7 Å². The number of hydrogen-bond donors (Lipinski definition) is 10. The third-order valence-electron chi connectivity index (χ3n) is 8.63. The van der Waals surface area contributed by atoms with E-state index < -0.39 is 123 Å². The van der Waals surface area contributed by atoms with E-state index in [4.69, 9.17) is 22.1 Å².